The Hall–Kier alpha value is -0.630. The Morgan fingerprint density at radius 1 is 1.53 bits per heavy atom. The first-order valence-electron chi connectivity index (χ1n) is 6.59. The average Bonchev–Trinajstić information content (AvgIpc) is 2.73. The minimum absolute atomic E-state index is 0.0398. The fourth-order valence-corrected chi connectivity index (χ4v) is 2.84. The van der Waals surface area contributed by atoms with E-state index in [1.165, 1.54) is 13.0 Å². The summed E-state index contributed by atoms with van der Waals surface area (Å²) in [6, 6.07) is 2.15. The molecule has 2 fully saturated rings. The first-order chi connectivity index (χ1) is 8.18. The van der Waals surface area contributed by atoms with Crippen LogP contribution < -0.4 is 0 Å². The highest BCUT2D eigenvalue weighted by Crippen LogP contribution is 2.36. The van der Waals surface area contributed by atoms with E-state index in [9.17, 15) is 0 Å². The van der Waals surface area contributed by atoms with E-state index in [4.69, 9.17) is 14.7 Å². The molecular weight excluding hydrogens is 216 g/mol. The SMILES string of the molecule is CCN1CCCC(C2(C)OCC(CC#N)O2)C1. The summed E-state index contributed by atoms with van der Waals surface area (Å²) >= 11 is 0. The van der Waals surface area contributed by atoms with Gasteiger partial charge in [0.2, 0.25) is 0 Å². The van der Waals surface area contributed by atoms with E-state index in [1.54, 1.807) is 0 Å². The molecule has 2 saturated heterocycles. The van der Waals surface area contributed by atoms with E-state index in [0.29, 0.717) is 18.9 Å². The summed E-state index contributed by atoms with van der Waals surface area (Å²) in [6.45, 7) is 8.12. The van der Waals surface area contributed by atoms with Gasteiger partial charge in [-0.3, -0.25) is 0 Å². The van der Waals surface area contributed by atoms with Gasteiger partial charge >= 0.3 is 0 Å². The predicted octanol–water partition coefficient (Wildman–Crippen LogP) is 1.76. The van der Waals surface area contributed by atoms with Crippen LogP contribution in [-0.4, -0.2) is 43.0 Å². The first-order valence-corrected chi connectivity index (χ1v) is 6.59. The monoisotopic (exact) mass is 238 g/mol. The molecule has 0 spiro atoms. The molecule has 17 heavy (non-hydrogen) atoms. The van der Waals surface area contributed by atoms with Gasteiger partial charge in [0.15, 0.2) is 5.79 Å². The highest BCUT2D eigenvalue weighted by Gasteiger charge is 2.44. The van der Waals surface area contributed by atoms with Crippen LogP contribution in [-0.2, 0) is 9.47 Å². The van der Waals surface area contributed by atoms with Crippen molar-refractivity contribution < 1.29 is 9.47 Å². The van der Waals surface area contributed by atoms with E-state index in [-0.39, 0.29) is 6.10 Å². The molecule has 0 amide bonds. The smallest absolute Gasteiger partial charge is 0.170 e. The molecule has 2 heterocycles. The van der Waals surface area contributed by atoms with E-state index in [2.05, 4.69) is 17.9 Å². The molecule has 4 nitrogen and oxygen atoms in total. The highest BCUT2D eigenvalue weighted by atomic mass is 16.7. The Labute approximate surface area is 103 Å². The van der Waals surface area contributed by atoms with Gasteiger partial charge in [-0.1, -0.05) is 6.92 Å². The Kier molecular flexibility index (Phi) is 4.03. The van der Waals surface area contributed by atoms with Crippen LogP contribution in [0, 0.1) is 17.2 Å². The van der Waals surface area contributed by atoms with Crippen molar-refractivity contribution in [3.8, 4) is 6.07 Å². The van der Waals surface area contributed by atoms with Gasteiger partial charge in [-0.15, -0.1) is 0 Å². The number of rotatable bonds is 3. The second kappa shape index (κ2) is 5.34. The van der Waals surface area contributed by atoms with Gasteiger partial charge in [0.05, 0.1) is 25.2 Å². The molecule has 0 aromatic carbocycles. The molecule has 4 heteroatoms. The van der Waals surface area contributed by atoms with Crippen LogP contribution >= 0.6 is 0 Å². The summed E-state index contributed by atoms with van der Waals surface area (Å²) in [4.78, 5) is 2.45. The topological polar surface area (TPSA) is 45.5 Å². The molecule has 0 N–H and O–H groups in total. The Morgan fingerprint density at radius 3 is 3.06 bits per heavy atom. The predicted molar refractivity (Wildman–Crippen MR) is 64.3 cm³/mol. The number of hydrogen-bond acceptors (Lipinski definition) is 4. The number of piperidine rings is 1. The van der Waals surface area contributed by atoms with Crippen LogP contribution in [0.15, 0.2) is 0 Å². The largest absolute Gasteiger partial charge is 0.347 e. The lowest BCUT2D eigenvalue weighted by molar-refractivity contribution is -0.200. The van der Waals surface area contributed by atoms with Crippen molar-refractivity contribution in [3.63, 3.8) is 0 Å². The molecule has 3 atom stereocenters. The molecule has 96 valence electrons. The van der Waals surface area contributed by atoms with Crippen LogP contribution in [0.3, 0.4) is 0 Å². The highest BCUT2D eigenvalue weighted by molar-refractivity contribution is 4.89. The molecule has 0 radical (unpaired) electrons. The summed E-state index contributed by atoms with van der Waals surface area (Å²) in [5.41, 5.74) is 0. The van der Waals surface area contributed by atoms with Gasteiger partial charge in [-0.25, -0.2) is 0 Å². The van der Waals surface area contributed by atoms with Crippen molar-refractivity contribution in [2.75, 3.05) is 26.2 Å². The van der Waals surface area contributed by atoms with Crippen molar-refractivity contribution in [1.29, 1.82) is 5.26 Å². The zero-order chi connectivity index (χ0) is 12.3. The Morgan fingerprint density at radius 2 is 2.35 bits per heavy atom. The summed E-state index contributed by atoms with van der Waals surface area (Å²) in [5, 5.41) is 8.69. The molecule has 0 bridgehead atoms. The second-order valence-electron chi connectivity index (χ2n) is 5.16. The zero-order valence-electron chi connectivity index (χ0n) is 10.8. The Bertz CT molecular complexity index is 302. The number of ether oxygens (including phenoxy) is 2. The lowest BCUT2D eigenvalue weighted by atomic mass is 9.90. The molecular formula is C13H22N2O2. The molecule has 2 aliphatic heterocycles. The Balaban J connectivity index is 1.95. The van der Waals surface area contributed by atoms with Crippen molar-refractivity contribution in [1.82, 2.24) is 4.90 Å². The quantitative estimate of drug-likeness (QED) is 0.751. The molecule has 2 rings (SSSR count). The third kappa shape index (κ3) is 2.79. The molecule has 3 unspecified atom stereocenters. The number of likely N-dealkylation sites (tertiary alicyclic amines) is 1. The molecule has 0 saturated carbocycles. The standard InChI is InChI=1S/C13H22N2O2/c1-3-15-8-4-5-11(9-15)13(2)16-10-12(17-13)6-7-14/h11-12H,3-6,8-10H2,1-2H3. The van der Waals surface area contributed by atoms with E-state index in [0.717, 1.165) is 19.5 Å². The summed E-state index contributed by atoms with van der Waals surface area (Å²) in [6.07, 6.45) is 2.76. The minimum Gasteiger partial charge on any atom is -0.347 e. The zero-order valence-corrected chi connectivity index (χ0v) is 10.8. The van der Waals surface area contributed by atoms with Crippen LogP contribution in [0.1, 0.15) is 33.1 Å². The first kappa shape index (κ1) is 12.8. The van der Waals surface area contributed by atoms with Gasteiger partial charge in [0.1, 0.15) is 0 Å². The maximum absolute atomic E-state index is 8.69. The lowest BCUT2D eigenvalue weighted by Gasteiger charge is -2.39. The van der Waals surface area contributed by atoms with Gasteiger partial charge < -0.3 is 14.4 Å². The lowest BCUT2D eigenvalue weighted by Crippen LogP contribution is -2.47. The molecule has 0 aliphatic carbocycles. The van der Waals surface area contributed by atoms with Crippen molar-refractivity contribution in [3.05, 3.63) is 0 Å². The van der Waals surface area contributed by atoms with Crippen LogP contribution in [0.25, 0.3) is 0 Å². The number of nitriles is 1. The normalized spacial score (nSPS) is 39.1. The van der Waals surface area contributed by atoms with Crippen molar-refractivity contribution in [2.24, 2.45) is 5.92 Å². The molecule has 0 aromatic heterocycles. The molecule has 0 aromatic rings. The average molecular weight is 238 g/mol. The number of nitrogens with zero attached hydrogens (tertiary/aromatic N) is 2. The summed E-state index contributed by atoms with van der Waals surface area (Å²) in [5.74, 6) is -0.0464. The van der Waals surface area contributed by atoms with E-state index < -0.39 is 5.79 Å². The van der Waals surface area contributed by atoms with Crippen molar-refractivity contribution >= 4 is 0 Å². The van der Waals surface area contributed by atoms with Crippen LogP contribution in [0.4, 0.5) is 0 Å². The third-order valence-electron chi connectivity index (χ3n) is 3.97. The minimum atomic E-state index is -0.477. The van der Waals surface area contributed by atoms with Crippen LogP contribution in [0.2, 0.25) is 0 Å². The number of hydrogen-bond donors (Lipinski definition) is 0. The fraction of sp³-hybridized carbons (Fsp3) is 0.923. The van der Waals surface area contributed by atoms with Crippen molar-refractivity contribution in [2.45, 2.75) is 45.0 Å². The maximum atomic E-state index is 8.69. The van der Waals surface area contributed by atoms with Gasteiger partial charge in [-0.05, 0) is 32.9 Å². The fourth-order valence-electron chi connectivity index (χ4n) is 2.84. The van der Waals surface area contributed by atoms with Gasteiger partial charge in [0.25, 0.3) is 0 Å². The van der Waals surface area contributed by atoms with E-state index in [1.807, 2.05) is 6.92 Å². The maximum Gasteiger partial charge on any atom is 0.170 e. The second-order valence-corrected chi connectivity index (χ2v) is 5.16. The third-order valence-corrected chi connectivity index (χ3v) is 3.97. The van der Waals surface area contributed by atoms with Crippen LogP contribution in [0.5, 0.6) is 0 Å². The van der Waals surface area contributed by atoms with Gasteiger partial charge in [0, 0.05) is 12.5 Å². The van der Waals surface area contributed by atoms with Gasteiger partial charge in [-0.2, -0.15) is 5.26 Å². The molecule has 2 aliphatic rings. The summed E-state index contributed by atoms with van der Waals surface area (Å²) in [7, 11) is 0. The van der Waals surface area contributed by atoms with E-state index >= 15 is 0 Å². The summed E-state index contributed by atoms with van der Waals surface area (Å²) < 4.78 is 11.8.